The number of pyridine rings is 1. The lowest BCUT2D eigenvalue weighted by atomic mass is 9.57. The Morgan fingerprint density at radius 1 is 1.16 bits per heavy atom. The highest BCUT2D eigenvalue weighted by atomic mass is 19.4. The van der Waals surface area contributed by atoms with Crippen LogP contribution in [0.4, 0.5) is 23.7 Å². The third kappa shape index (κ3) is 4.40. The van der Waals surface area contributed by atoms with Crippen molar-refractivity contribution in [1.82, 2.24) is 14.8 Å². The van der Waals surface area contributed by atoms with Crippen molar-refractivity contribution in [2.24, 2.45) is 11.3 Å². The van der Waals surface area contributed by atoms with Gasteiger partial charge >= 0.3 is 12.3 Å². The van der Waals surface area contributed by atoms with Gasteiger partial charge in [-0.1, -0.05) is 38.1 Å². The molecule has 2 aliphatic carbocycles. The van der Waals surface area contributed by atoms with Crippen LogP contribution in [-0.2, 0) is 16.6 Å². The zero-order valence-electron chi connectivity index (χ0n) is 21.0. The molecule has 1 unspecified atom stereocenters. The first kappa shape index (κ1) is 25.4. The molecule has 1 saturated heterocycles. The van der Waals surface area contributed by atoms with Crippen molar-refractivity contribution in [2.75, 3.05) is 25.5 Å². The first-order valence-corrected chi connectivity index (χ1v) is 12.4. The number of carboxylic acid groups (broad SMARTS) is 1. The fraction of sp³-hybridized carbons (Fsp3) is 0.519. The Balaban J connectivity index is 1.26. The van der Waals surface area contributed by atoms with Crippen molar-refractivity contribution >= 4 is 17.7 Å². The highest BCUT2D eigenvalue weighted by molar-refractivity contribution is 5.80. The summed E-state index contributed by atoms with van der Waals surface area (Å²) in [6.45, 7) is 4.95. The molecule has 1 aromatic carbocycles. The van der Waals surface area contributed by atoms with Crippen LogP contribution >= 0.6 is 0 Å². The number of alkyl halides is 3. The van der Waals surface area contributed by atoms with Crippen LogP contribution in [0.5, 0.6) is 0 Å². The van der Waals surface area contributed by atoms with Crippen LogP contribution in [0.25, 0.3) is 0 Å². The summed E-state index contributed by atoms with van der Waals surface area (Å²) in [4.78, 5) is 30.1. The third-order valence-corrected chi connectivity index (χ3v) is 8.49. The fourth-order valence-corrected chi connectivity index (χ4v) is 6.39. The van der Waals surface area contributed by atoms with E-state index in [4.69, 9.17) is 5.11 Å². The van der Waals surface area contributed by atoms with Gasteiger partial charge in [-0.25, -0.2) is 4.79 Å². The number of nitrogens with one attached hydrogen (secondary N) is 1. The average molecular weight is 517 g/mol. The SMILES string of the molecule is CN(C(=O)C1CC2(C1)CN(C(=O)O)C2)C(c1ccc(N[C@H]2Cc3ccccc3C2(C)C)cn1)C(F)(F)F. The largest absolute Gasteiger partial charge is 0.465 e. The quantitative estimate of drug-likeness (QED) is 0.594. The number of amides is 2. The molecule has 3 aliphatic rings. The zero-order chi connectivity index (χ0) is 26.8. The topological polar surface area (TPSA) is 85.8 Å². The van der Waals surface area contributed by atoms with Gasteiger partial charge in [-0.3, -0.25) is 9.78 Å². The monoisotopic (exact) mass is 516 g/mol. The summed E-state index contributed by atoms with van der Waals surface area (Å²) in [5, 5.41) is 12.5. The number of carbonyl (C=O) groups is 2. The van der Waals surface area contributed by atoms with E-state index in [2.05, 4.69) is 36.3 Å². The van der Waals surface area contributed by atoms with E-state index in [9.17, 15) is 22.8 Å². The second-order valence-electron chi connectivity index (χ2n) is 11.4. The maximum absolute atomic E-state index is 14.1. The van der Waals surface area contributed by atoms with Crippen LogP contribution < -0.4 is 5.32 Å². The van der Waals surface area contributed by atoms with Gasteiger partial charge in [0.1, 0.15) is 0 Å². The molecule has 1 aliphatic heterocycles. The second-order valence-corrected chi connectivity index (χ2v) is 11.4. The van der Waals surface area contributed by atoms with Gasteiger partial charge in [-0.2, -0.15) is 13.2 Å². The number of fused-ring (bicyclic) bond motifs is 1. The number of aromatic nitrogens is 1. The molecular formula is C27H31F3N4O3. The lowest BCUT2D eigenvalue weighted by Gasteiger charge is -2.58. The van der Waals surface area contributed by atoms with Crippen LogP contribution in [-0.4, -0.2) is 64.2 Å². The molecule has 0 radical (unpaired) electrons. The molecule has 5 rings (SSSR count). The maximum atomic E-state index is 14.1. The molecule has 2 heterocycles. The molecule has 1 spiro atoms. The number of nitrogens with zero attached hydrogens (tertiary/aromatic N) is 3. The minimum absolute atomic E-state index is 0.0645. The summed E-state index contributed by atoms with van der Waals surface area (Å²) in [5.41, 5.74) is 2.47. The van der Waals surface area contributed by atoms with E-state index >= 15 is 0 Å². The maximum Gasteiger partial charge on any atom is 0.414 e. The van der Waals surface area contributed by atoms with E-state index in [-0.39, 0.29) is 22.6 Å². The van der Waals surface area contributed by atoms with Crippen LogP contribution in [0.15, 0.2) is 42.6 Å². The highest BCUT2D eigenvalue weighted by Crippen LogP contribution is 2.53. The fourth-order valence-electron chi connectivity index (χ4n) is 6.39. The van der Waals surface area contributed by atoms with E-state index in [1.54, 1.807) is 6.07 Å². The van der Waals surface area contributed by atoms with Crippen molar-refractivity contribution in [3.8, 4) is 0 Å². The first-order valence-electron chi connectivity index (χ1n) is 12.4. The van der Waals surface area contributed by atoms with Gasteiger partial charge in [0.2, 0.25) is 5.91 Å². The molecule has 1 aromatic heterocycles. The molecule has 10 heteroatoms. The smallest absolute Gasteiger partial charge is 0.414 e. The number of likely N-dealkylation sites (tertiary alicyclic amines) is 1. The van der Waals surface area contributed by atoms with Crippen LogP contribution in [0.2, 0.25) is 0 Å². The molecular weight excluding hydrogens is 485 g/mol. The number of carbonyl (C=O) groups excluding carboxylic acids is 1. The first-order chi connectivity index (χ1) is 17.3. The van der Waals surface area contributed by atoms with Crippen molar-refractivity contribution < 1.29 is 27.9 Å². The molecule has 2 aromatic rings. The van der Waals surface area contributed by atoms with E-state index in [0.29, 0.717) is 31.6 Å². The standard InChI is InChI=1S/C27H31F3N4O3/c1-25(2)19-7-5-4-6-16(19)10-21(25)32-18-8-9-20(31-13-18)22(27(28,29)30)33(3)23(35)17-11-26(12-17)14-34(15-26)24(36)37/h4-9,13,17,21-22,32H,10-12,14-15H2,1-3H3,(H,36,37)/t21-,22?/m0/s1. The van der Waals surface area contributed by atoms with Gasteiger partial charge in [-0.15, -0.1) is 0 Å². The molecule has 2 N–H and O–H groups in total. The Labute approximate surface area is 213 Å². The average Bonchev–Trinajstić information content (AvgIpc) is 3.01. The molecule has 2 atom stereocenters. The number of hydrogen-bond donors (Lipinski definition) is 2. The predicted octanol–water partition coefficient (Wildman–Crippen LogP) is 4.85. The minimum atomic E-state index is -4.69. The van der Waals surface area contributed by atoms with Crippen molar-refractivity contribution in [3.05, 3.63) is 59.4 Å². The number of benzene rings is 1. The van der Waals surface area contributed by atoms with Crippen molar-refractivity contribution in [2.45, 2.75) is 56.8 Å². The summed E-state index contributed by atoms with van der Waals surface area (Å²) in [6, 6.07) is 9.04. The Morgan fingerprint density at radius 3 is 2.41 bits per heavy atom. The molecule has 37 heavy (non-hydrogen) atoms. The van der Waals surface area contributed by atoms with E-state index < -0.39 is 30.1 Å². The Kier molecular flexibility index (Phi) is 5.91. The molecule has 7 nitrogen and oxygen atoms in total. The molecule has 1 saturated carbocycles. The minimum Gasteiger partial charge on any atom is -0.465 e. The van der Waals surface area contributed by atoms with Gasteiger partial charge < -0.3 is 20.2 Å². The molecule has 2 fully saturated rings. The number of rotatable bonds is 5. The van der Waals surface area contributed by atoms with Gasteiger partial charge in [0, 0.05) is 42.9 Å². The summed E-state index contributed by atoms with van der Waals surface area (Å²) < 4.78 is 42.4. The van der Waals surface area contributed by atoms with E-state index in [1.807, 2.05) is 12.1 Å². The Hall–Kier alpha value is -3.30. The van der Waals surface area contributed by atoms with Gasteiger partial charge in [0.05, 0.1) is 17.6 Å². The van der Waals surface area contributed by atoms with Gasteiger partial charge in [0.25, 0.3) is 0 Å². The second kappa shape index (κ2) is 8.63. The number of anilines is 1. The van der Waals surface area contributed by atoms with Crippen molar-refractivity contribution in [1.29, 1.82) is 0 Å². The van der Waals surface area contributed by atoms with Gasteiger partial charge in [-0.05, 0) is 42.5 Å². The number of halogens is 3. The number of hydrogen-bond acceptors (Lipinski definition) is 4. The summed E-state index contributed by atoms with van der Waals surface area (Å²) >= 11 is 0. The van der Waals surface area contributed by atoms with Gasteiger partial charge in [0.15, 0.2) is 6.04 Å². The lowest BCUT2D eigenvalue weighted by Crippen LogP contribution is -2.65. The van der Waals surface area contributed by atoms with Crippen LogP contribution in [0, 0.1) is 11.3 Å². The van der Waals surface area contributed by atoms with Crippen LogP contribution in [0.3, 0.4) is 0 Å². The third-order valence-electron chi connectivity index (χ3n) is 8.49. The highest BCUT2D eigenvalue weighted by Gasteiger charge is 2.57. The van der Waals surface area contributed by atoms with Crippen molar-refractivity contribution in [3.63, 3.8) is 0 Å². The van der Waals surface area contributed by atoms with Crippen LogP contribution in [0.1, 0.15) is 49.6 Å². The Bertz CT molecular complexity index is 1200. The zero-order valence-corrected chi connectivity index (χ0v) is 21.0. The molecule has 2 amide bonds. The summed E-state index contributed by atoms with van der Waals surface area (Å²) in [6.07, 6.45) is -2.70. The predicted molar refractivity (Wildman–Crippen MR) is 131 cm³/mol. The normalized spacial score (nSPS) is 22.5. The summed E-state index contributed by atoms with van der Waals surface area (Å²) in [5.74, 6) is -1.13. The molecule has 0 bridgehead atoms. The Morgan fingerprint density at radius 2 is 1.84 bits per heavy atom. The summed E-state index contributed by atoms with van der Waals surface area (Å²) in [7, 11) is 1.17. The van der Waals surface area contributed by atoms with E-state index in [1.165, 1.54) is 35.3 Å². The lowest BCUT2D eigenvalue weighted by molar-refractivity contribution is -0.196. The van der Waals surface area contributed by atoms with E-state index in [0.717, 1.165) is 11.3 Å². The molecule has 198 valence electrons.